The lowest BCUT2D eigenvalue weighted by atomic mass is 9.95. The Bertz CT molecular complexity index is 436. The van der Waals surface area contributed by atoms with E-state index < -0.39 is 11.0 Å². The van der Waals surface area contributed by atoms with Crippen molar-refractivity contribution in [3.63, 3.8) is 0 Å². The molecule has 1 N–H and O–H groups in total. The summed E-state index contributed by atoms with van der Waals surface area (Å²) >= 11 is 0. The number of carbonyl (C=O) groups is 1. The second kappa shape index (κ2) is 4.39. The summed E-state index contributed by atoms with van der Waals surface area (Å²) in [5.41, 5.74) is 0.964. The molecule has 18 heavy (non-hydrogen) atoms. The number of hydrogen-bond donors (Lipinski definition) is 1. The van der Waals surface area contributed by atoms with Gasteiger partial charge in [-0.15, -0.1) is 0 Å². The standard InChI is InChI=1S/C15H20O3/c1-14(2,3)18-13(17)15(8-9-15)12-6-4-11(10-16)5-7-12/h4-7,16H,8-10H2,1-3H3. The Morgan fingerprint density at radius 1 is 1.28 bits per heavy atom. The third-order valence-electron chi connectivity index (χ3n) is 3.23. The molecule has 0 bridgehead atoms. The van der Waals surface area contributed by atoms with E-state index in [-0.39, 0.29) is 12.6 Å². The molecule has 3 nitrogen and oxygen atoms in total. The van der Waals surface area contributed by atoms with E-state index in [1.807, 2.05) is 45.0 Å². The highest BCUT2D eigenvalue weighted by atomic mass is 16.6. The topological polar surface area (TPSA) is 46.5 Å². The number of benzene rings is 1. The van der Waals surface area contributed by atoms with Crippen LogP contribution in [0.15, 0.2) is 24.3 Å². The van der Waals surface area contributed by atoms with Crippen LogP contribution in [0, 0.1) is 0 Å². The van der Waals surface area contributed by atoms with Gasteiger partial charge in [-0.3, -0.25) is 4.79 Å². The summed E-state index contributed by atoms with van der Waals surface area (Å²) in [6, 6.07) is 7.56. The first-order chi connectivity index (χ1) is 8.37. The molecule has 98 valence electrons. The summed E-state index contributed by atoms with van der Waals surface area (Å²) < 4.78 is 5.49. The van der Waals surface area contributed by atoms with Gasteiger partial charge < -0.3 is 9.84 Å². The molecule has 2 rings (SSSR count). The molecule has 0 unspecified atom stereocenters. The minimum atomic E-state index is -0.447. The zero-order valence-corrected chi connectivity index (χ0v) is 11.2. The minimum Gasteiger partial charge on any atom is -0.459 e. The van der Waals surface area contributed by atoms with Gasteiger partial charge in [0.05, 0.1) is 12.0 Å². The molecule has 1 saturated carbocycles. The van der Waals surface area contributed by atoms with Crippen LogP contribution in [0.4, 0.5) is 0 Å². The summed E-state index contributed by atoms with van der Waals surface area (Å²) in [5, 5.41) is 9.02. The van der Waals surface area contributed by atoms with Gasteiger partial charge in [-0.25, -0.2) is 0 Å². The molecule has 0 saturated heterocycles. The Balaban J connectivity index is 2.18. The lowest BCUT2D eigenvalue weighted by molar-refractivity contribution is -0.158. The van der Waals surface area contributed by atoms with Crippen LogP contribution >= 0.6 is 0 Å². The molecule has 0 aromatic heterocycles. The third kappa shape index (κ3) is 2.56. The SMILES string of the molecule is CC(C)(C)OC(=O)C1(c2ccc(CO)cc2)CC1. The molecule has 0 aliphatic heterocycles. The average molecular weight is 248 g/mol. The van der Waals surface area contributed by atoms with Crippen molar-refractivity contribution in [2.24, 2.45) is 0 Å². The van der Waals surface area contributed by atoms with Crippen molar-refractivity contribution in [2.75, 3.05) is 0 Å². The maximum Gasteiger partial charge on any atom is 0.317 e. The molecule has 0 amide bonds. The highest BCUT2D eigenvalue weighted by molar-refractivity contribution is 5.86. The minimum absolute atomic E-state index is 0.0275. The molecule has 1 aromatic carbocycles. The van der Waals surface area contributed by atoms with Gasteiger partial charge in [-0.05, 0) is 44.7 Å². The van der Waals surface area contributed by atoms with E-state index in [2.05, 4.69) is 0 Å². The van der Waals surface area contributed by atoms with Crippen molar-refractivity contribution < 1.29 is 14.6 Å². The maximum atomic E-state index is 12.2. The van der Waals surface area contributed by atoms with E-state index in [9.17, 15) is 4.79 Å². The predicted octanol–water partition coefficient (Wildman–Crippen LogP) is 2.55. The van der Waals surface area contributed by atoms with Crippen molar-refractivity contribution in [3.8, 4) is 0 Å². The van der Waals surface area contributed by atoms with Crippen LogP contribution in [0.3, 0.4) is 0 Å². The fraction of sp³-hybridized carbons (Fsp3) is 0.533. The molecule has 0 radical (unpaired) electrons. The first-order valence-electron chi connectivity index (χ1n) is 6.31. The predicted molar refractivity (Wildman–Crippen MR) is 69.1 cm³/mol. The Morgan fingerprint density at radius 3 is 2.22 bits per heavy atom. The van der Waals surface area contributed by atoms with E-state index in [1.165, 1.54) is 0 Å². The number of rotatable bonds is 3. The average Bonchev–Trinajstić information content (AvgIpc) is 3.08. The lowest BCUT2D eigenvalue weighted by Crippen LogP contribution is -2.31. The van der Waals surface area contributed by atoms with E-state index in [0.29, 0.717) is 0 Å². The molecule has 0 atom stereocenters. The van der Waals surface area contributed by atoms with E-state index in [4.69, 9.17) is 9.84 Å². The Morgan fingerprint density at radius 2 is 1.83 bits per heavy atom. The first kappa shape index (κ1) is 13.1. The number of carbonyl (C=O) groups excluding carboxylic acids is 1. The molecule has 3 heteroatoms. The van der Waals surface area contributed by atoms with Gasteiger partial charge in [0.2, 0.25) is 0 Å². The van der Waals surface area contributed by atoms with Crippen molar-refractivity contribution >= 4 is 5.97 Å². The van der Waals surface area contributed by atoms with Crippen molar-refractivity contribution in [1.82, 2.24) is 0 Å². The van der Waals surface area contributed by atoms with Crippen molar-refractivity contribution in [2.45, 2.75) is 51.2 Å². The maximum absolute atomic E-state index is 12.2. The van der Waals surface area contributed by atoms with Gasteiger partial charge >= 0.3 is 5.97 Å². The largest absolute Gasteiger partial charge is 0.459 e. The summed E-state index contributed by atoms with van der Waals surface area (Å²) in [6.07, 6.45) is 1.70. The molecule has 1 aliphatic carbocycles. The van der Waals surface area contributed by atoms with E-state index in [0.717, 1.165) is 24.0 Å². The van der Waals surface area contributed by atoms with Gasteiger partial charge in [0.1, 0.15) is 5.60 Å². The first-order valence-corrected chi connectivity index (χ1v) is 6.31. The summed E-state index contributed by atoms with van der Waals surface area (Å²) in [7, 11) is 0. The van der Waals surface area contributed by atoms with Crippen LogP contribution in [0.1, 0.15) is 44.7 Å². The highest BCUT2D eigenvalue weighted by Gasteiger charge is 2.53. The highest BCUT2D eigenvalue weighted by Crippen LogP contribution is 2.49. The fourth-order valence-corrected chi connectivity index (χ4v) is 2.04. The van der Waals surface area contributed by atoms with Crippen LogP contribution in [-0.2, 0) is 21.6 Å². The number of ether oxygens (including phenoxy) is 1. The zero-order valence-electron chi connectivity index (χ0n) is 11.2. The molecule has 1 aliphatic rings. The lowest BCUT2D eigenvalue weighted by Gasteiger charge is -2.24. The van der Waals surface area contributed by atoms with Gasteiger partial charge in [-0.1, -0.05) is 24.3 Å². The monoisotopic (exact) mass is 248 g/mol. The van der Waals surface area contributed by atoms with Gasteiger partial charge in [-0.2, -0.15) is 0 Å². The zero-order chi connectivity index (χ0) is 13.4. The van der Waals surface area contributed by atoms with Gasteiger partial charge in [0.15, 0.2) is 0 Å². The third-order valence-corrected chi connectivity index (χ3v) is 3.23. The second-order valence-corrected chi connectivity index (χ2v) is 5.94. The van der Waals surface area contributed by atoms with Crippen LogP contribution in [-0.4, -0.2) is 16.7 Å². The Hall–Kier alpha value is -1.35. The summed E-state index contributed by atoms with van der Waals surface area (Å²) in [6.45, 7) is 5.68. The van der Waals surface area contributed by atoms with Crippen LogP contribution in [0.5, 0.6) is 0 Å². The number of aliphatic hydroxyl groups excluding tert-OH is 1. The van der Waals surface area contributed by atoms with Crippen LogP contribution in [0.25, 0.3) is 0 Å². The van der Waals surface area contributed by atoms with E-state index in [1.54, 1.807) is 0 Å². The number of aliphatic hydroxyl groups is 1. The van der Waals surface area contributed by atoms with Crippen molar-refractivity contribution in [1.29, 1.82) is 0 Å². The van der Waals surface area contributed by atoms with Gasteiger partial charge in [0.25, 0.3) is 0 Å². The molecule has 1 fully saturated rings. The van der Waals surface area contributed by atoms with Crippen LogP contribution < -0.4 is 0 Å². The fourth-order valence-electron chi connectivity index (χ4n) is 2.04. The molecule has 0 heterocycles. The smallest absolute Gasteiger partial charge is 0.317 e. The Kier molecular flexibility index (Phi) is 3.20. The normalized spacial score (nSPS) is 17.3. The van der Waals surface area contributed by atoms with Crippen molar-refractivity contribution in [3.05, 3.63) is 35.4 Å². The molecule has 1 aromatic rings. The molecule has 0 spiro atoms. The van der Waals surface area contributed by atoms with Gasteiger partial charge in [0, 0.05) is 0 Å². The molecular formula is C15H20O3. The second-order valence-electron chi connectivity index (χ2n) is 5.94. The molecular weight excluding hydrogens is 228 g/mol. The van der Waals surface area contributed by atoms with Crippen LogP contribution in [0.2, 0.25) is 0 Å². The summed E-state index contributed by atoms with van der Waals surface area (Å²) in [4.78, 5) is 12.2. The summed E-state index contributed by atoms with van der Waals surface area (Å²) in [5.74, 6) is -0.133. The number of hydrogen-bond acceptors (Lipinski definition) is 3. The van der Waals surface area contributed by atoms with E-state index >= 15 is 0 Å². The quantitative estimate of drug-likeness (QED) is 0.836. The number of esters is 1. The Labute approximate surface area is 108 Å².